The van der Waals surface area contributed by atoms with Crippen molar-refractivity contribution in [3.05, 3.63) is 125 Å². The Balaban J connectivity index is 0.000000301. The lowest BCUT2D eigenvalue weighted by atomic mass is 9.77. The van der Waals surface area contributed by atoms with Gasteiger partial charge in [-0.15, -0.1) is 0 Å². The molecule has 45 heavy (non-hydrogen) atoms. The predicted octanol–water partition coefficient (Wildman–Crippen LogP) is 11.0. The molecule has 1 heterocycles. The Morgan fingerprint density at radius 1 is 0.822 bits per heavy atom. The zero-order valence-corrected chi connectivity index (χ0v) is 25.9. The van der Waals surface area contributed by atoms with Crippen LogP contribution in [0, 0.1) is 0 Å². The Labute approximate surface area is 265 Å². The second kappa shape index (κ2) is 13.0. The Morgan fingerprint density at radius 3 is 2.38 bits per heavy atom. The number of halogens is 4. The van der Waals surface area contributed by atoms with Gasteiger partial charge in [-0.1, -0.05) is 60.1 Å². The summed E-state index contributed by atoms with van der Waals surface area (Å²) < 4.78 is 52.0. The van der Waals surface area contributed by atoms with Crippen molar-refractivity contribution in [3.63, 3.8) is 0 Å². The van der Waals surface area contributed by atoms with E-state index in [0.717, 1.165) is 58.4 Å². The Morgan fingerprint density at radius 2 is 1.62 bits per heavy atom. The molecule has 5 aromatic carbocycles. The SMILES string of the molecule is COc1cccc2c1c(OC)cc1c3c(ccc12)[C@H](CCc1cc(Cl)ccc1C(F)(F)F)CCC3.c1ccc2cnccc2c1. The number of ether oxygens (including phenoxy) is 2. The first-order valence-corrected chi connectivity index (χ1v) is 15.4. The molecular formula is C38H33ClF3NO2. The van der Waals surface area contributed by atoms with E-state index in [2.05, 4.69) is 41.4 Å². The standard InChI is InChI=1S/C29H26ClF3O2.C9H7N/c1-34-26-8-4-7-23-22-13-12-20-17(5-3-6-21(20)24(22)16-27(35-2)28(23)26)9-10-18-15-19(30)11-14-25(18)29(31,32)33;1-2-4-9-7-10-6-5-8(9)3-1/h4,7-8,11-17H,3,5-6,9-10H2,1-2H3;1-7H/t17-;/m0./s1. The molecule has 6 aromatic rings. The minimum Gasteiger partial charge on any atom is -0.496 e. The van der Waals surface area contributed by atoms with Gasteiger partial charge in [0.25, 0.3) is 0 Å². The largest absolute Gasteiger partial charge is 0.496 e. The molecule has 1 aromatic heterocycles. The van der Waals surface area contributed by atoms with Gasteiger partial charge >= 0.3 is 6.18 Å². The summed E-state index contributed by atoms with van der Waals surface area (Å²) in [5.41, 5.74) is 2.16. The smallest absolute Gasteiger partial charge is 0.416 e. The molecule has 0 spiro atoms. The number of hydrogen-bond donors (Lipinski definition) is 0. The van der Waals surface area contributed by atoms with E-state index in [1.807, 2.05) is 42.7 Å². The highest BCUT2D eigenvalue weighted by atomic mass is 35.5. The third kappa shape index (κ3) is 6.30. The van der Waals surface area contributed by atoms with Crippen molar-refractivity contribution in [1.82, 2.24) is 4.98 Å². The molecule has 0 saturated heterocycles. The lowest BCUT2D eigenvalue weighted by Crippen LogP contribution is -2.13. The maximum Gasteiger partial charge on any atom is 0.416 e. The molecule has 3 nitrogen and oxygen atoms in total. The number of benzene rings is 5. The topological polar surface area (TPSA) is 31.4 Å². The van der Waals surface area contributed by atoms with Crippen molar-refractivity contribution in [2.75, 3.05) is 14.2 Å². The van der Waals surface area contributed by atoms with E-state index in [1.54, 1.807) is 14.2 Å². The van der Waals surface area contributed by atoms with E-state index in [-0.39, 0.29) is 11.5 Å². The fourth-order valence-corrected chi connectivity index (χ4v) is 6.86. The number of aromatic nitrogens is 1. The van der Waals surface area contributed by atoms with Crippen LogP contribution in [0.15, 0.2) is 97.3 Å². The molecule has 230 valence electrons. The minimum absolute atomic E-state index is 0.190. The highest BCUT2D eigenvalue weighted by Crippen LogP contribution is 2.45. The highest BCUT2D eigenvalue weighted by molar-refractivity contribution is 6.30. The van der Waals surface area contributed by atoms with Crippen molar-refractivity contribution >= 4 is 43.9 Å². The predicted molar refractivity (Wildman–Crippen MR) is 177 cm³/mol. The van der Waals surface area contributed by atoms with Crippen LogP contribution in [0.5, 0.6) is 11.5 Å². The van der Waals surface area contributed by atoms with Crippen LogP contribution >= 0.6 is 11.6 Å². The van der Waals surface area contributed by atoms with Crippen LogP contribution in [0.1, 0.15) is 47.4 Å². The van der Waals surface area contributed by atoms with E-state index < -0.39 is 11.7 Å². The maximum absolute atomic E-state index is 13.5. The van der Waals surface area contributed by atoms with Crippen molar-refractivity contribution in [1.29, 1.82) is 0 Å². The first-order valence-electron chi connectivity index (χ1n) is 15.0. The summed E-state index contributed by atoms with van der Waals surface area (Å²) in [5, 5.41) is 7.06. The third-order valence-electron chi connectivity index (χ3n) is 8.78. The van der Waals surface area contributed by atoms with Crippen molar-refractivity contribution in [2.24, 2.45) is 0 Å². The number of hydrogen-bond acceptors (Lipinski definition) is 3. The molecule has 1 aliphatic rings. The van der Waals surface area contributed by atoms with Gasteiger partial charge in [0.2, 0.25) is 0 Å². The second-order valence-electron chi connectivity index (χ2n) is 11.3. The quantitative estimate of drug-likeness (QED) is 0.178. The van der Waals surface area contributed by atoms with E-state index in [0.29, 0.717) is 17.9 Å². The molecule has 0 unspecified atom stereocenters. The number of alkyl halides is 3. The zero-order chi connectivity index (χ0) is 31.6. The van der Waals surface area contributed by atoms with Crippen LogP contribution < -0.4 is 9.47 Å². The summed E-state index contributed by atoms with van der Waals surface area (Å²) in [6, 6.07) is 26.4. The number of fused-ring (bicyclic) bond motifs is 6. The summed E-state index contributed by atoms with van der Waals surface area (Å²) in [7, 11) is 3.31. The van der Waals surface area contributed by atoms with Crippen molar-refractivity contribution in [3.8, 4) is 11.5 Å². The summed E-state index contributed by atoms with van der Waals surface area (Å²) in [6.07, 6.45) is 3.15. The van der Waals surface area contributed by atoms with Crippen LogP contribution in [0.4, 0.5) is 13.2 Å². The lowest BCUT2D eigenvalue weighted by Gasteiger charge is -2.28. The summed E-state index contributed by atoms with van der Waals surface area (Å²) in [4.78, 5) is 4.01. The third-order valence-corrected chi connectivity index (χ3v) is 9.01. The Bertz CT molecular complexity index is 1920. The Kier molecular flexibility index (Phi) is 8.86. The molecular weight excluding hydrogens is 595 g/mol. The van der Waals surface area contributed by atoms with Gasteiger partial charge in [-0.2, -0.15) is 13.2 Å². The molecule has 0 amide bonds. The fourth-order valence-electron chi connectivity index (χ4n) is 6.67. The molecule has 0 saturated carbocycles. The van der Waals surface area contributed by atoms with Crippen LogP contribution in [-0.4, -0.2) is 19.2 Å². The first kappa shape index (κ1) is 30.7. The van der Waals surface area contributed by atoms with Gasteiger partial charge in [-0.05, 0) is 118 Å². The zero-order valence-electron chi connectivity index (χ0n) is 25.1. The Hall–Kier alpha value is -4.29. The van der Waals surface area contributed by atoms with Crippen LogP contribution in [0.3, 0.4) is 0 Å². The van der Waals surface area contributed by atoms with Crippen LogP contribution in [-0.2, 0) is 19.0 Å². The number of pyridine rings is 1. The van der Waals surface area contributed by atoms with Gasteiger partial charge in [0.15, 0.2) is 0 Å². The number of rotatable bonds is 5. The van der Waals surface area contributed by atoms with Gasteiger partial charge in [0.05, 0.1) is 25.2 Å². The minimum atomic E-state index is -4.39. The molecule has 0 aliphatic heterocycles. The van der Waals surface area contributed by atoms with Crippen LogP contribution in [0.25, 0.3) is 32.3 Å². The maximum atomic E-state index is 13.5. The van der Waals surface area contributed by atoms with Gasteiger partial charge < -0.3 is 9.47 Å². The number of methoxy groups -OCH3 is 2. The highest BCUT2D eigenvalue weighted by Gasteiger charge is 2.33. The summed E-state index contributed by atoms with van der Waals surface area (Å²) >= 11 is 6.04. The average molecular weight is 628 g/mol. The van der Waals surface area contributed by atoms with E-state index in [1.165, 1.54) is 34.0 Å². The monoisotopic (exact) mass is 627 g/mol. The normalized spacial score (nSPS) is 14.6. The lowest BCUT2D eigenvalue weighted by molar-refractivity contribution is -0.138. The second-order valence-corrected chi connectivity index (χ2v) is 11.8. The number of aryl methyl sites for hydroxylation is 2. The number of nitrogens with zero attached hydrogens (tertiary/aromatic N) is 1. The molecule has 1 atom stereocenters. The molecule has 0 bridgehead atoms. The molecule has 7 heteroatoms. The summed E-state index contributed by atoms with van der Waals surface area (Å²) in [5.74, 6) is 1.71. The average Bonchev–Trinajstić information content (AvgIpc) is 3.06. The van der Waals surface area contributed by atoms with Gasteiger partial charge in [-0.3, -0.25) is 4.98 Å². The van der Waals surface area contributed by atoms with E-state index in [9.17, 15) is 13.2 Å². The van der Waals surface area contributed by atoms with Crippen molar-refractivity contribution in [2.45, 2.75) is 44.2 Å². The molecule has 7 rings (SSSR count). The van der Waals surface area contributed by atoms with E-state index in [4.69, 9.17) is 21.1 Å². The van der Waals surface area contributed by atoms with E-state index >= 15 is 0 Å². The van der Waals surface area contributed by atoms with Crippen LogP contribution in [0.2, 0.25) is 5.02 Å². The molecule has 0 radical (unpaired) electrons. The molecule has 0 fully saturated rings. The summed E-state index contributed by atoms with van der Waals surface area (Å²) in [6.45, 7) is 0. The van der Waals surface area contributed by atoms with Gasteiger partial charge in [0, 0.05) is 17.4 Å². The molecule has 0 N–H and O–H groups in total. The first-order chi connectivity index (χ1) is 21.8. The molecule has 1 aliphatic carbocycles. The van der Waals surface area contributed by atoms with Gasteiger partial charge in [0.1, 0.15) is 11.5 Å². The fraction of sp³-hybridized carbons (Fsp3) is 0.237. The van der Waals surface area contributed by atoms with Crippen molar-refractivity contribution < 1.29 is 22.6 Å². The van der Waals surface area contributed by atoms with Gasteiger partial charge in [-0.25, -0.2) is 0 Å².